The Morgan fingerprint density at radius 2 is 1.97 bits per heavy atom. The zero-order valence-electron chi connectivity index (χ0n) is 16.8. The number of fused-ring (bicyclic) bond motifs is 1. The normalized spacial score (nSPS) is 15.6. The fourth-order valence-corrected chi connectivity index (χ4v) is 6.50. The highest BCUT2D eigenvalue weighted by Crippen LogP contribution is 2.46. The van der Waals surface area contributed by atoms with E-state index in [1.54, 1.807) is 55.0 Å². The third-order valence-corrected chi connectivity index (χ3v) is 8.09. The number of methoxy groups -OCH3 is 1. The van der Waals surface area contributed by atoms with Crippen LogP contribution in [0.3, 0.4) is 0 Å². The molecule has 1 unspecified atom stereocenters. The van der Waals surface area contributed by atoms with Crippen LogP contribution in [0.5, 0.6) is 11.5 Å². The van der Waals surface area contributed by atoms with Crippen LogP contribution in [0.15, 0.2) is 76.4 Å². The Labute approximate surface area is 185 Å². The summed E-state index contributed by atoms with van der Waals surface area (Å²) >= 11 is 1.33. The Bertz CT molecular complexity index is 1230. The molecule has 0 saturated carbocycles. The van der Waals surface area contributed by atoms with Crippen molar-refractivity contribution in [3.8, 4) is 11.5 Å². The molecule has 6 nitrogen and oxygen atoms in total. The van der Waals surface area contributed by atoms with Gasteiger partial charge < -0.3 is 14.8 Å². The van der Waals surface area contributed by atoms with Crippen LogP contribution < -0.4 is 14.8 Å². The summed E-state index contributed by atoms with van der Waals surface area (Å²) in [5.74, 6) is 0.605. The van der Waals surface area contributed by atoms with Crippen LogP contribution in [0.4, 0.5) is 5.69 Å². The summed E-state index contributed by atoms with van der Waals surface area (Å²) in [6.07, 6.45) is 1.86. The minimum Gasteiger partial charge on any atom is -0.493 e. The highest BCUT2D eigenvalue weighted by molar-refractivity contribution is 7.91. The van der Waals surface area contributed by atoms with E-state index in [1.807, 2.05) is 12.1 Å². The van der Waals surface area contributed by atoms with Gasteiger partial charge in [0.05, 0.1) is 17.7 Å². The number of benzene rings is 2. The first-order valence-electron chi connectivity index (χ1n) is 9.58. The SMILES string of the molecule is C=CCOc1ccc(C2CC(=O)Nc3c(S(=O)(=O)c4ccccc4)csc32)cc1OC. The van der Waals surface area contributed by atoms with Crippen molar-refractivity contribution >= 4 is 32.8 Å². The number of anilines is 1. The van der Waals surface area contributed by atoms with Gasteiger partial charge in [0.1, 0.15) is 11.5 Å². The first kappa shape index (κ1) is 21.1. The van der Waals surface area contributed by atoms with Crippen molar-refractivity contribution in [3.63, 3.8) is 0 Å². The number of carbonyl (C=O) groups excluding carboxylic acids is 1. The van der Waals surface area contributed by atoms with Gasteiger partial charge in [-0.15, -0.1) is 11.3 Å². The van der Waals surface area contributed by atoms with Crippen molar-refractivity contribution < 1.29 is 22.7 Å². The molecule has 31 heavy (non-hydrogen) atoms. The van der Waals surface area contributed by atoms with E-state index < -0.39 is 9.84 Å². The predicted octanol–water partition coefficient (Wildman–Crippen LogP) is 4.63. The molecule has 1 amide bonds. The van der Waals surface area contributed by atoms with E-state index >= 15 is 0 Å². The van der Waals surface area contributed by atoms with Gasteiger partial charge in [0.25, 0.3) is 0 Å². The maximum absolute atomic E-state index is 13.2. The summed E-state index contributed by atoms with van der Waals surface area (Å²) in [7, 11) is -2.20. The van der Waals surface area contributed by atoms with Gasteiger partial charge in [-0.1, -0.05) is 36.9 Å². The molecule has 0 fully saturated rings. The second kappa shape index (κ2) is 8.56. The number of hydrogen-bond donors (Lipinski definition) is 1. The number of nitrogens with one attached hydrogen (secondary N) is 1. The highest BCUT2D eigenvalue weighted by atomic mass is 32.2. The number of rotatable bonds is 7. The largest absolute Gasteiger partial charge is 0.493 e. The number of thiophene rings is 1. The molecule has 3 aromatic rings. The molecule has 2 aromatic carbocycles. The van der Waals surface area contributed by atoms with Crippen molar-refractivity contribution in [3.05, 3.63) is 77.0 Å². The Kier molecular flexibility index (Phi) is 5.84. The van der Waals surface area contributed by atoms with Crippen LogP contribution in [0.1, 0.15) is 22.8 Å². The average molecular weight is 456 g/mol. The van der Waals surface area contributed by atoms with Gasteiger partial charge in [-0.05, 0) is 29.8 Å². The highest BCUT2D eigenvalue weighted by Gasteiger charge is 2.34. The van der Waals surface area contributed by atoms with Gasteiger partial charge in [-0.2, -0.15) is 0 Å². The van der Waals surface area contributed by atoms with Crippen molar-refractivity contribution in [1.29, 1.82) is 0 Å². The molecular weight excluding hydrogens is 434 g/mol. The molecule has 1 aromatic heterocycles. The molecule has 0 saturated heterocycles. The number of amides is 1. The molecule has 2 heterocycles. The topological polar surface area (TPSA) is 81.7 Å². The predicted molar refractivity (Wildman–Crippen MR) is 120 cm³/mol. The smallest absolute Gasteiger partial charge is 0.225 e. The van der Waals surface area contributed by atoms with Gasteiger partial charge in [-0.25, -0.2) is 8.42 Å². The van der Waals surface area contributed by atoms with E-state index in [1.165, 1.54) is 11.3 Å². The summed E-state index contributed by atoms with van der Waals surface area (Å²) in [6.45, 7) is 3.99. The molecule has 0 aliphatic carbocycles. The maximum atomic E-state index is 13.2. The Balaban J connectivity index is 1.76. The Morgan fingerprint density at radius 1 is 1.19 bits per heavy atom. The summed E-state index contributed by atoms with van der Waals surface area (Å²) in [5, 5.41) is 4.38. The second-order valence-electron chi connectivity index (χ2n) is 6.97. The zero-order chi connectivity index (χ0) is 22.0. The van der Waals surface area contributed by atoms with Crippen LogP contribution in [0, 0.1) is 0 Å². The van der Waals surface area contributed by atoms with Crippen LogP contribution >= 0.6 is 11.3 Å². The lowest BCUT2D eigenvalue weighted by molar-refractivity contribution is -0.116. The van der Waals surface area contributed by atoms with Crippen molar-refractivity contribution in [2.24, 2.45) is 0 Å². The van der Waals surface area contributed by atoms with Crippen LogP contribution in [-0.4, -0.2) is 28.0 Å². The second-order valence-corrected chi connectivity index (χ2v) is 9.80. The molecule has 4 rings (SSSR count). The zero-order valence-corrected chi connectivity index (χ0v) is 18.5. The van der Waals surface area contributed by atoms with Gasteiger partial charge >= 0.3 is 0 Å². The van der Waals surface area contributed by atoms with E-state index in [0.29, 0.717) is 23.8 Å². The lowest BCUT2D eigenvalue weighted by Crippen LogP contribution is -2.23. The van der Waals surface area contributed by atoms with E-state index in [0.717, 1.165) is 10.4 Å². The molecule has 0 bridgehead atoms. The molecule has 1 atom stereocenters. The minimum absolute atomic E-state index is 0.120. The average Bonchev–Trinajstić information content (AvgIpc) is 3.22. The molecule has 1 aliphatic rings. The molecule has 8 heteroatoms. The van der Waals surface area contributed by atoms with Gasteiger partial charge in [0, 0.05) is 22.6 Å². The summed E-state index contributed by atoms with van der Waals surface area (Å²) < 4.78 is 37.4. The van der Waals surface area contributed by atoms with Crippen LogP contribution in [0.25, 0.3) is 0 Å². The lowest BCUT2D eigenvalue weighted by atomic mass is 9.90. The third-order valence-electron chi connectivity index (χ3n) is 5.05. The fourth-order valence-electron chi connectivity index (χ4n) is 3.57. The Morgan fingerprint density at radius 3 is 2.68 bits per heavy atom. The maximum Gasteiger partial charge on any atom is 0.225 e. The minimum atomic E-state index is -3.75. The summed E-state index contributed by atoms with van der Waals surface area (Å²) in [5.41, 5.74) is 1.21. The van der Waals surface area contributed by atoms with E-state index in [2.05, 4.69) is 11.9 Å². The number of carbonyl (C=O) groups is 1. The standard InChI is InChI=1S/C23H21NO5S2/c1-3-11-29-18-10-9-15(12-19(18)28-2)17-13-21(25)24-22-20(14-30-23(17)22)31(26,27)16-7-5-4-6-8-16/h3-10,12,14,17H,1,11,13H2,2H3,(H,24,25). The van der Waals surface area contributed by atoms with E-state index in [9.17, 15) is 13.2 Å². The van der Waals surface area contributed by atoms with Crippen LogP contribution in [0.2, 0.25) is 0 Å². The third kappa shape index (κ3) is 3.96. The molecule has 1 aliphatic heterocycles. The molecule has 1 N–H and O–H groups in total. The van der Waals surface area contributed by atoms with E-state index in [4.69, 9.17) is 9.47 Å². The molecule has 0 radical (unpaired) electrons. The molecule has 0 spiro atoms. The van der Waals surface area contributed by atoms with Gasteiger partial charge in [-0.3, -0.25) is 4.79 Å². The number of ether oxygens (including phenoxy) is 2. The number of hydrogen-bond acceptors (Lipinski definition) is 6. The van der Waals surface area contributed by atoms with Gasteiger partial charge in [0.2, 0.25) is 15.7 Å². The first-order chi connectivity index (χ1) is 15.0. The lowest BCUT2D eigenvalue weighted by Gasteiger charge is -2.24. The summed E-state index contributed by atoms with van der Waals surface area (Å²) in [6, 6.07) is 13.7. The Hall–Kier alpha value is -3.10. The molecule has 160 valence electrons. The van der Waals surface area contributed by atoms with E-state index in [-0.39, 0.29) is 28.0 Å². The van der Waals surface area contributed by atoms with Gasteiger partial charge in [0.15, 0.2) is 11.5 Å². The van der Waals surface area contributed by atoms with Crippen molar-refractivity contribution in [2.45, 2.75) is 22.1 Å². The quantitative estimate of drug-likeness (QED) is 0.526. The van der Waals surface area contributed by atoms with Crippen LogP contribution in [-0.2, 0) is 14.6 Å². The molecular formula is C23H21NO5S2. The fraction of sp³-hybridized carbons (Fsp3) is 0.174. The first-order valence-corrected chi connectivity index (χ1v) is 11.9. The number of sulfone groups is 1. The van der Waals surface area contributed by atoms with Crippen molar-refractivity contribution in [1.82, 2.24) is 0 Å². The monoisotopic (exact) mass is 455 g/mol. The van der Waals surface area contributed by atoms with Crippen molar-refractivity contribution in [2.75, 3.05) is 19.0 Å². The summed E-state index contributed by atoms with van der Waals surface area (Å²) in [4.78, 5) is 13.6.